The number of halogens is 4. The van der Waals surface area contributed by atoms with Crippen molar-refractivity contribution in [3.8, 4) is 11.1 Å². The van der Waals surface area contributed by atoms with E-state index in [-0.39, 0.29) is 6.54 Å². The van der Waals surface area contributed by atoms with Gasteiger partial charge in [-0.3, -0.25) is 4.79 Å². The number of nitrogens with one attached hydrogen (secondary N) is 1. The molecule has 3 rings (SSSR count). The Kier molecular flexibility index (Phi) is 5.79. The van der Waals surface area contributed by atoms with Crippen molar-refractivity contribution >= 4 is 17.5 Å². The number of aryl methyl sites for hydroxylation is 1. The van der Waals surface area contributed by atoms with Crippen LogP contribution in [0.2, 0.25) is 5.02 Å². The summed E-state index contributed by atoms with van der Waals surface area (Å²) in [6.07, 6.45) is -2.59. The highest BCUT2D eigenvalue weighted by atomic mass is 35.5. The maximum atomic E-state index is 13.0. The Morgan fingerprint density at radius 1 is 1.14 bits per heavy atom. The summed E-state index contributed by atoms with van der Waals surface area (Å²) in [5.74, 6) is 0.00843. The molecule has 28 heavy (non-hydrogen) atoms. The van der Waals surface area contributed by atoms with Crippen LogP contribution in [0.5, 0.6) is 0 Å². The number of carbonyl (C=O) groups is 1. The zero-order valence-electron chi connectivity index (χ0n) is 14.9. The molecule has 1 aromatic heterocycles. The summed E-state index contributed by atoms with van der Waals surface area (Å²) in [7, 11) is 0. The van der Waals surface area contributed by atoms with Crippen molar-refractivity contribution < 1.29 is 22.4 Å². The third-order valence-corrected chi connectivity index (χ3v) is 4.73. The van der Waals surface area contributed by atoms with Gasteiger partial charge in [-0.25, -0.2) is 0 Å². The van der Waals surface area contributed by atoms with E-state index in [0.717, 1.165) is 34.6 Å². The lowest BCUT2D eigenvalue weighted by Gasteiger charge is -2.13. The van der Waals surface area contributed by atoms with Gasteiger partial charge >= 0.3 is 6.18 Å². The maximum Gasteiger partial charge on any atom is 0.417 e. The summed E-state index contributed by atoms with van der Waals surface area (Å²) in [5, 5.41) is 3.04. The van der Waals surface area contributed by atoms with Crippen LogP contribution >= 0.6 is 11.6 Å². The number of benzene rings is 2. The molecule has 3 aromatic rings. The first-order valence-electron chi connectivity index (χ1n) is 8.54. The van der Waals surface area contributed by atoms with Gasteiger partial charge in [-0.05, 0) is 48.7 Å². The molecule has 1 amide bonds. The third kappa shape index (κ3) is 4.39. The second-order valence-electron chi connectivity index (χ2n) is 6.25. The third-order valence-electron chi connectivity index (χ3n) is 4.38. The molecule has 146 valence electrons. The Bertz CT molecular complexity index is 995. The Balaban J connectivity index is 1.66. The zero-order valence-corrected chi connectivity index (χ0v) is 15.7. The first-order valence-corrected chi connectivity index (χ1v) is 8.92. The van der Waals surface area contributed by atoms with E-state index in [9.17, 15) is 18.0 Å². The van der Waals surface area contributed by atoms with E-state index >= 15 is 0 Å². The van der Waals surface area contributed by atoms with Crippen LogP contribution in [-0.2, 0) is 12.6 Å². The van der Waals surface area contributed by atoms with Crippen molar-refractivity contribution in [3.63, 3.8) is 0 Å². The van der Waals surface area contributed by atoms with E-state index in [4.69, 9.17) is 16.0 Å². The van der Waals surface area contributed by atoms with Crippen molar-refractivity contribution in [3.05, 3.63) is 82.3 Å². The minimum atomic E-state index is -4.59. The number of amides is 1. The van der Waals surface area contributed by atoms with Gasteiger partial charge in [0.15, 0.2) is 0 Å². The molecule has 0 spiro atoms. The standard InChI is InChI=1S/C21H17ClF3NO2/c1-13-16(9-11-28-13)15-7-6-14(19(22)12-15)8-10-26-20(27)17-4-2-3-5-18(17)21(23,24)25/h2-7,9,11-12H,8,10H2,1H3,(H,26,27). The zero-order chi connectivity index (χ0) is 20.3. The number of furan rings is 1. The SMILES string of the molecule is Cc1occc1-c1ccc(CCNC(=O)c2ccccc2C(F)(F)F)c(Cl)c1. The highest BCUT2D eigenvalue weighted by molar-refractivity contribution is 6.31. The van der Waals surface area contributed by atoms with Gasteiger partial charge in [-0.2, -0.15) is 13.2 Å². The molecule has 0 atom stereocenters. The van der Waals surface area contributed by atoms with Gasteiger partial charge in [0, 0.05) is 17.1 Å². The molecule has 0 bridgehead atoms. The van der Waals surface area contributed by atoms with E-state index in [1.54, 1.807) is 12.3 Å². The summed E-state index contributed by atoms with van der Waals surface area (Å²) < 4.78 is 44.4. The van der Waals surface area contributed by atoms with Crippen LogP contribution in [0.15, 0.2) is 59.2 Å². The fraction of sp³-hybridized carbons (Fsp3) is 0.190. The molecule has 0 aliphatic carbocycles. The largest absolute Gasteiger partial charge is 0.469 e. The van der Waals surface area contributed by atoms with Gasteiger partial charge in [0.05, 0.1) is 17.4 Å². The lowest BCUT2D eigenvalue weighted by atomic mass is 10.0. The first kappa shape index (κ1) is 20.0. The van der Waals surface area contributed by atoms with E-state index in [2.05, 4.69) is 5.32 Å². The summed E-state index contributed by atoms with van der Waals surface area (Å²) in [5.41, 5.74) is 1.28. The lowest BCUT2D eigenvalue weighted by Crippen LogP contribution is -2.28. The summed E-state index contributed by atoms with van der Waals surface area (Å²) >= 11 is 6.32. The molecule has 0 aliphatic rings. The average Bonchev–Trinajstić information content (AvgIpc) is 3.08. The number of carbonyl (C=O) groups excluding carboxylic acids is 1. The minimum absolute atomic E-state index is 0.162. The minimum Gasteiger partial charge on any atom is -0.469 e. The Labute approximate surface area is 165 Å². The predicted molar refractivity (Wildman–Crippen MR) is 101 cm³/mol. The van der Waals surface area contributed by atoms with Crippen LogP contribution in [0.4, 0.5) is 13.2 Å². The van der Waals surface area contributed by atoms with Gasteiger partial charge < -0.3 is 9.73 Å². The molecule has 7 heteroatoms. The van der Waals surface area contributed by atoms with Crippen LogP contribution in [-0.4, -0.2) is 12.5 Å². The van der Waals surface area contributed by atoms with Gasteiger partial charge in [0.1, 0.15) is 5.76 Å². The van der Waals surface area contributed by atoms with Crippen LogP contribution in [0.1, 0.15) is 27.2 Å². The molecule has 0 aliphatic heterocycles. The highest BCUT2D eigenvalue weighted by Crippen LogP contribution is 2.32. The maximum absolute atomic E-state index is 13.0. The number of alkyl halides is 3. The Morgan fingerprint density at radius 3 is 2.54 bits per heavy atom. The molecule has 2 aromatic carbocycles. The second-order valence-corrected chi connectivity index (χ2v) is 6.65. The summed E-state index contributed by atoms with van der Waals surface area (Å²) in [6, 6.07) is 12.1. The monoisotopic (exact) mass is 407 g/mol. The van der Waals surface area contributed by atoms with Crippen LogP contribution in [0, 0.1) is 6.92 Å². The quantitative estimate of drug-likeness (QED) is 0.572. The molecular formula is C21H17ClF3NO2. The topological polar surface area (TPSA) is 42.2 Å². The van der Waals surface area contributed by atoms with Gasteiger partial charge in [-0.1, -0.05) is 35.9 Å². The first-order chi connectivity index (χ1) is 13.3. The lowest BCUT2D eigenvalue weighted by molar-refractivity contribution is -0.137. The summed E-state index contributed by atoms with van der Waals surface area (Å²) in [4.78, 5) is 12.2. The number of rotatable bonds is 5. The van der Waals surface area contributed by atoms with Crippen LogP contribution in [0.25, 0.3) is 11.1 Å². The van der Waals surface area contributed by atoms with Crippen LogP contribution in [0.3, 0.4) is 0 Å². The predicted octanol–water partition coefficient (Wildman–Crippen LogP) is 5.90. The Morgan fingerprint density at radius 2 is 1.89 bits per heavy atom. The van der Waals surface area contributed by atoms with Crippen molar-refractivity contribution in [1.29, 1.82) is 0 Å². The summed E-state index contributed by atoms with van der Waals surface area (Å²) in [6.45, 7) is 2.01. The molecular weight excluding hydrogens is 391 g/mol. The van der Waals surface area contributed by atoms with E-state index in [1.165, 1.54) is 12.1 Å². The average molecular weight is 408 g/mol. The molecule has 0 unspecified atom stereocenters. The molecule has 0 radical (unpaired) electrons. The van der Waals surface area contributed by atoms with Gasteiger partial charge in [0.2, 0.25) is 0 Å². The number of hydrogen-bond donors (Lipinski definition) is 1. The molecule has 0 saturated heterocycles. The fourth-order valence-corrected chi connectivity index (χ4v) is 3.21. The van der Waals surface area contributed by atoms with Gasteiger partial charge in [-0.15, -0.1) is 0 Å². The molecule has 3 nitrogen and oxygen atoms in total. The van der Waals surface area contributed by atoms with Crippen molar-refractivity contribution in [2.45, 2.75) is 19.5 Å². The van der Waals surface area contributed by atoms with E-state index < -0.39 is 23.2 Å². The normalized spacial score (nSPS) is 11.5. The van der Waals surface area contributed by atoms with Crippen molar-refractivity contribution in [2.75, 3.05) is 6.54 Å². The smallest absolute Gasteiger partial charge is 0.417 e. The molecule has 0 saturated carbocycles. The highest BCUT2D eigenvalue weighted by Gasteiger charge is 2.34. The van der Waals surface area contributed by atoms with Crippen molar-refractivity contribution in [1.82, 2.24) is 5.32 Å². The second kappa shape index (κ2) is 8.10. The van der Waals surface area contributed by atoms with Crippen LogP contribution < -0.4 is 5.32 Å². The Hall–Kier alpha value is -2.73. The molecule has 1 N–H and O–H groups in total. The van der Waals surface area contributed by atoms with Crippen molar-refractivity contribution in [2.24, 2.45) is 0 Å². The van der Waals surface area contributed by atoms with E-state index in [1.807, 2.05) is 25.1 Å². The van der Waals surface area contributed by atoms with E-state index in [0.29, 0.717) is 11.4 Å². The molecule has 1 heterocycles. The molecule has 0 fully saturated rings. The number of hydrogen-bond acceptors (Lipinski definition) is 2. The fourth-order valence-electron chi connectivity index (χ4n) is 2.94. The van der Waals surface area contributed by atoms with Gasteiger partial charge in [0.25, 0.3) is 5.91 Å².